The van der Waals surface area contributed by atoms with Gasteiger partial charge in [0.2, 0.25) is 0 Å². The average Bonchev–Trinajstić information content (AvgIpc) is 2.61. The Bertz CT molecular complexity index is 754. The standard InChI is InChI=1S/C19H20F2N2O2.ClH/c20-19(21)25-15-8-9-16-14(10-15)2-1-3-17(16)23-18(24)13-6-4-12(11-22)5-7-13;/h4-10,17,19H,1-3,11,22H2,(H,23,24);1H. The molecule has 7 heteroatoms. The van der Waals surface area contributed by atoms with Crippen LogP contribution in [0.3, 0.4) is 0 Å². The third-order valence-corrected chi connectivity index (χ3v) is 4.41. The van der Waals surface area contributed by atoms with Crippen molar-refractivity contribution in [2.45, 2.75) is 38.5 Å². The molecule has 0 radical (unpaired) electrons. The third-order valence-electron chi connectivity index (χ3n) is 4.41. The number of rotatable bonds is 5. The first kappa shape index (κ1) is 20.1. The van der Waals surface area contributed by atoms with E-state index in [0.29, 0.717) is 12.1 Å². The van der Waals surface area contributed by atoms with Gasteiger partial charge in [-0.05, 0) is 60.2 Å². The van der Waals surface area contributed by atoms with Crippen LogP contribution in [0.1, 0.15) is 45.9 Å². The number of hydrogen-bond acceptors (Lipinski definition) is 3. The van der Waals surface area contributed by atoms with E-state index in [1.807, 2.05) is 12.1 Å². The molecule has 0 spiro atoms. The van der Waals surface area contributed by atoms with Crippen molar-refractivity contribution in [3.05, 3.63) is 64.7 Å². The van der Waals surface area contributed by atoms with E-state index >= 15 is 0 Å². The molecule has 1 aliphatic carbocycles. The monoisotopic (exact) mass is 382 g/mol. The summed E-state index contributed by atoms with van der Waals surface area (Å²) in [6.07, 6.45) is 2.48. The maximum atomic E-state index is 12.5. The highest BCUT2D eigenvalue weighted by atomic mass is 35.5. The van der Waals surface area contributed by atoms with Crippen LogP contribution >= 0.6 is 12.4 Å². The number of halogens is 3. The van der Waals surface area contributed by atoms with Gasteiger partial charge in [0.1, 0.15) is 5.75 Å². The van der Waals surface area contributed by atoms with Gasteiger partial charge in [-0.1, -0.05) is 18.2 Å². The molecule has 0 fully saturated rings. The molecular formula is C19H21ClF2N2O2. The molecule has 0 saturated carbocycles. The molecule has 26 heavy (non-hydrogen) atoms. The maximum absolute atomic E-state index is 12.5. The highest BCUT2D eigenvalue weighted by Crippen LogP contribution is 2.32. The van der Waals surface area contributed by atoms with E-state index in [1.54, 1.807) is 24.3 Å². The topological polar surface area (TPSA) is 64.4 Å². The Hall–Kier alpha value is -2.18. The molecule has 0 aliphatic heterocycles. The van der Waals surface area contributed by atoms with E-state index in [9.17, 15) is 13.6 Å². The molecule has 3 N–H and O–H groups in total. The molecule has 1 amide bonds. The minimum Gasteiger partial charge on any atom is -0.435 e. The van der Waals surface area contributed by atoms with E-state index in [0.717, 1.165) is 36.0 Å². The number of aryl methyl sites for hydroxylation is 1. The summed E-state index contributed by atoms with van der Waals surface area (Å²) >= 11 is 0. The van der Waals surface area contributed by atoms with Crippen molar-refractivity contribution in [1.29, 1.82) is 0 Å². The first-order valence-electron chi connectivity index (χ1n) is 8.24. The largest absolute Gasteiger partial charge is 0.435 e. The molecule has 140 valence electrons. The van der Waals surface area contributed by atoms with E-state index in [1.165, 1.54) is 6.07 Å². The Balaban J connectivity index is 0.00000243. The first-order chi connectivity index (χ1) is 12.1. The highest BCUT2D eigenvalue weighted by molar-refractivity contribution is 5.94. The van der Waals surface area contributed by atoms with Crippen LogP contribution in [0.2, 0.25) is 0 Å². The van der Waals surface area contributed by atoms with Crippen LogP contribution in [0.4, 0.5) is 8.78 Å². The molecule has 0 bridgehead atoms. The summed E-state index contributed by atoms with van der Waals surface area (Å²) in [5.41, 5.74) is 8.99. The SMILES string of the molecule is Cl.NCc1ccc(C(=O)NC2CCCc3cc(OC(F)F)ccc32)cc1. The van der Waals surface area contributed by atoms with E-state index in [2.05, 4.69) is 10.1 Å². The third kappa shape index (κ3) is 4.71. The van der Waals surface area contributed by atoms with Crippen molar-refractivity contribution in [3.63, 3.8) is 0 Å². The summed E-state index contributed by atoms with van der Waals surface area (Å²) in [4.78, 5) is 12.5. The van der Waals surface area contributed by atoms with Gasteiger partial charge < -0.3 is 15.8 Å². The highest BCUT2D eigenvalue weighted by Gasteiger charge is 2.23. The van der Waals surface area contributed by atoms with Gasteiger partial charge in [0.25, 0.3) is 5.91 Å². The zero-order chi connectivity index (χ0) is 17.8. The van der Waals surface area contributed by atoms with Crippen LogP contribution in [-0.4, -0.2) is 12.5 Å². The molecule has 2 aromatic rings. The molecule has 4 nitrogen and oxygen atoms in total. The molecule has 1 aliphatic rings. The van der Waals surface area contributed by atoms with Crippen LogP contribution < -0.4 is 15.8 Å². The lowest BCUT2D eigenvalue weighted by atomic mass is 9.87. The predicted molar refractivity (Wildman–Crippen MR) is 97.8 cm³/mol. The summed E-state index contributed by atoms with van der Waals surface area (Å²) in [6.45, 7) is -2.41. The molecule has 0 saturated heterocycles. The number of benzene rings is 2. The lowest BCUT2D eigenvalue weighted by molar-refractivity contribution is -0.0499. The Labute approximate surface area is 157 Å². The minimum atomic E-state index is -2.84. The van der Waals surface area contributed by atoms with Crippen molar-refractivity contribution in [3.8, 4) is 5.75 Å². The summed E-state index contributed by atoms with van der Waals surface area (Å²) < 4.78 is 29.2. The molecule has 0 aromatic heterocycles. The quantitative estimate of drug-likeness (QED) is 0.822. The lowest BCUT2D eigenvalue weighted by Gasteiger charge is -2.27. The number of fused-ring (bicyclic) bond motifs is 1. The lowest BCUT2D eigenvalue weighted by Crippen LogP contribution is -2.31. The Kier molecular flexibility index (Phi) is 6.94. The van der Waals surface area contributed by atoms with Crippen molar-refractivity contribution in [1.82, 2.24) is 5.32 Å². The van der Waals surface area contributed by atoms with Crippen LogP contribution in [0.25, 0.3) is 0 Å². The summed E-state index contributed by atoms with van der Waals surface area (Å²) in [5.74, 6) is -0.00701. The second-order valence-corrected chi connectivity index (χ2v) is 6.06. The number of ether oxygens (including phenoxy) is 1. The van der Waals surface area contributed by atoms with E-state index in [4.69, 9.17) is 5.73 Å². The van der Waals surface area contributed by atoms with Gasteiger partial charge in [-0.15, -0.1) is 12.4 Å². The van der Waals surface area contributed by atoms with Crippen LogP contribution in [0, 0.1) is 0 Å². The van der Waals surface area contributed by atoms with Gasteiger partial charge >= 0.3 is 6.61 Å². The van der Waals surface area contributed by atoms with Gasteiger partial charge in [-0.3, -0.25) is 4.79 Å². The van der Waals surface area contributed by atoms with Gasteiger partial charge in [0, 0.05) is 12.1 Å². The fraction of sp³-hybridized carbons (Fsp3) is 0.316. The van der Waals surface area contributed by atoms with Crippen LogP contribution in [-0.2, 0) is 13.0 Å². The minimum absolute atomic E-state index is 0. The van der Waals surface area contributed by atoms with Gasteiger partial charge in [0.15, 0.2) is 0 Å². The summed E-state index contributed by atoms with van der Waals surface area (Å²) in [7, 11) is 0. The van der Waals surface area contributed by atoms with Gasteiger partial charge in [-0.2, -0.15) is 8.78 Å². The summed E-state index contributed by atoms with van der Waals surface area (Å²) in [6, 6.07) is 11.9. The second kappa shape index (κ2) is 8.96. The molecule has 1 unspecified atom stereocenters. The maximum Gasteiger partial charge on any atom is 0.387 e. The van der Waals surface area contributed by atoms with Crippen molar-refractivity contribution in [2.75, 3.05) is 0 Å². The van der Waals surface area contributed by atoms with E-state index in [-0.39, 0.29) is 30.1 Å². The fourth-order valence-electron chi connectivity index (χ4n) is 3.15. The number of hydrogen-bond donors (Lipinski definition) is 2. The zero-order valence-corrected chi connectivity index (χ0v) is 14.9. The fourth-order valence-corrected chi connectivity index (χ4v) is 3.15. The van der Waals surface area contributed by atoms with Crippen molar-refractivity contribution < 1.29 is 18.3 Å². The molecule has 1 atom stereocenters. The Morgan fingerprint density at radius 1 is 1.23 bits per heavy atom. The molecular weight excluding hydrogens is 362 g/mol. The zero-order valence-electron chi connectivity index (χ0n) is 14.1. The average molecular weight is 383 g/mol. The number of carbonyl (C=O) groups is 1. The normalized spacial score (nSPS) is 15.8. The molecule has 0 heterocycles. The number of amides is 1. The first-order valence-corrected chi connectivity index (χ1v) is 8.24. The van der Waals surface area contributed by atoms with Crippen LogP contribution in [0.15, 0.2) is 42.5 Å². The molecule has 3 rings (SSSR count). The smallest absolute Gasteiger partial charge is 0.387 e. The van der Waals surface area contributed by atoms with Gasteiger partial charge in [0.05, 0.1) is 6.04 Å². The second-order valence-electron chi connectivity index (χ2n) is 6.06. The van der Waals surface area contributed by atoms with E-state index < -0.39 is 6.61 Å². The van der Waals surface area contributed by atoms with Crippen molar-refractivity contribution in [2.24, 2.45) is 5.73 Å². The number of nitrogens with one attached hydrogen (secondary N) is 1. The predicted octanol–water partition coefficient (Wildman–Crippen LogP) is 3.98. The molecule has 2 aromatic carbocycles. The Morgan fingerprint density at radius 3 is 2.62 bits per heavy atom. The van der Waals surface area contributed by atoms with Crippen LogP contribution in [0.5, 0.6) is 5.75 Å². The number of alkyl halides is 2. The Morgan fingerprint density at radius 2 is 1.96 bits per heavy atom. The van der Waals surface area contributed by atoms with Crippen molar-refractivity contribution >= 4 is 18.3 Å². The summed E-state index contributed by atoms with van der Waals surface area (Å²) in [5, 5.41) is 3.03. The number of carbonyl (C=O) groups excluding carboxylic acids is 1. The number of nitrogens with two attached hydrogens (primary N) is 1. The van der Waals surface area contributed by atoms with Gasteiger partial charge in [-0.25, -0.2) is 0 Å².